The molecule has 3 heterocycles. The molecule has 0 atom stereocenters. The lowest BCUT2D eigenvalue weighted by molar-refractivity contribution is 0.0725. The predicted molar refractivity (Wildman–Crippen MR) is 89.7 cm³/mol. The van der Waals surface area contributed by atoms with E-state index in [-0.39, 0.29) is 11.5 Å². The molecule has 1 amide bonds. The van der Waals surface area contributed by atoms with Gasteiger partial charge in [0.1, 0.15) is 5.69 Å². The Kier molecular flexibility index (Phi) is 3.37. The van der Waals surface area contributed by atoms with Gasteiger partial charge in [0.2, 0.25) is 0 Å². The SMILES string of the molecule is Cn1cnc2c(c1=O)CCN(C(=O)c1ccc3ccccc3n1)C2. The van der Waals surface area contributed by atoms with E-state index in [1.165, 1.54) is 10.9 Å². The van der Waals surface area contributed by atoms with Gasteiger partial charge in [-0.25, -0.2) is 9.97 Å². The van der Waals surface area contributed by atoms with E-state index in [1.54, 1.807) is 18.0 Å². The summed E-state index contributed by atoms with van der Waals surface area (Å²) in [7, 11) is 1.69. The van der Waals surface area contributed by atoms with Crippen molar-refractivity contribution >= 4 is 16.8 Å². The Morgan fingerprint density at radius 2 is 2.00 bits per heavy atom. The number of fused-ring (bicyclic) bond motifs is 2. The number of hydrogen-bond acceptors (Lipinski definition) is 4. The van der Waals surface area contributed by atoms with Crippen molar-refractivity contribution in [2.75, 3.05) is 6.54 Å². The van der Waals surface area contributed by atoms with Crippen LogP contribution >= 0.6 is 0 Å². The third-order valence-electron chi connectivity index (χ3n) is 4.39. The fourth-order valence-corrected chi connectivity index (χ4v) is 3.04. The third-order valence-corrected chi connectivity index (χ3v) is 4.39. The van der Waals surface area contributed by atoms with Crippen molar-refractivity contribution in [1.82, 2.24) is 19.4 Å². The molecule has 2 aromatic heterocycles. The summed E-state index contributed by atoms with van der Waals surface area (Å²) in [6.45, 7) is 0.847. The molecule has 24 heavy (non-hydrogen) atoms. The molecule has 3 aromatic rings. The van der Waals surface area contributed by atoms with Gasteiger partial charge >= 0.3 is 0 Å². The van der Waals surface area contributed by atoms with E-state index < -0.39 is 0 Å². The number of hydrogen-bond donors (Lipinski definition) is 0. The van der Waals surface area contributed by atoms with Gasteiger partial charge in [-0.15, -0.1) is 0 Å². The minimum Gasteiger partial charge on any atom is -0.331 e. The maximum Gasteiger partial charge on any atom is 0.272 e. The maximum atomic E-state index is 12.8. The van der Waals surface area contributed by atoms with Gasteiger partial charge in [0, 0.05) is 24.5 Å². The predicted octanol–water partition coefficient (Wildman–Crippen LogP) is 1.53. The molecule has 1 aliphatic rings. The summed E-state index contributed by atoms with van der Waals surface area (Å²) >= 11 is 0. The second-order valence-electron chi connectivity index (χ2n) is 5.95. The molecule has 0 fully saturated rings. The first-order valence-electron chi connectivity index (χ1n) is 7.82. The third kappa shape index (κ3) is 2.36. The van der Waals surface area contributed by atoms with Crippen molar-refractivity contribution in [3.8, 4) is 0 Å². The molecule has 0 unspecified atom stereocenters. The van der Waals surface area contributed by atoms with Gasteiger partial charge in [-0.1, -0.05) is 24.3 Å². The largest absolute Gasteiger partial charge is 0.331 e. The van der Waals surface area contributed by atoms with Crippen molar-refractivity contribution in [3.63, 3.8) is 0 Å². The van der Waals surface area contributed by atoms with Crippen LogP contribution in [0, 0.1) is 0 Å². The Hall–Kier alpha value is -3.02. The molecule has 1 aliphatic heterocycles. The lowest BCUT2D eigenvalue weighted by Gasteiger charge is -2.27. The first kappa shape index (κ1) is 14.6. The maximum absolute atomic E-state index is 12.8. The van der Waals surface area contributed by atoms with Gasteiger partial charge in [0.25, 0.3) is 11.5 Å². The Balaban J connectivity index is 1.65. The summed E-state index contributed by atoms with van der Waals surface area (Å²) in [6, 6.07) is 11.4. The summed E-state index contributed by atoms with van der Waals surface area (Å²) in [5, 5.41) is 1.00. The van der Waals surface area contributed by atoms with E-state index in [4.69, 9.17) is 0 Å². The first-order valence-corrected chi connectivity index (χ1v) is 7.82. The molecule has 0 N–H and O–H groups in total. The van der Waals surface area contributed by atoms with Gasteiger partial charge in [0.15, 0.2) is 0 Å². The number of aryl methyl sites for hydroxylation is 1. The Morgan fingerprint density at radius 3 is 2.88 bits per heavy atom. The molecule has 0 aliphatic carbocycles. The Morgan fingerprint density at radius 1 is 1.17 bits per heavy atom. The van der Waals surface area contributed by atoms with Crippen molar-refractivity contribution in [3.05, 3.63) is 70.0 Å². The molecule has 6 heteroatoms. The highest BCUT2D eigenvalue weighted by atomic mass is 16.2. The lowest BCUT2D eigenvalue weighted by Crippen LogP contribution is -2.40. The van der Waals surface area contributed by atoms with E-state index in [2.05, 4.69) is 9.97 Å². The first-order chi connectivity index (χ1) is 11.6. The second-order valence-corrected chi connectivity index (χ2v) is 5.95. The quantitative estimate of drug-likeness (QED) is 0.682. The summed E-state index contributed by atoms with van der Waals surface area (Å²) in [6.07, 6.45) is 2.03. The van der Waals surface area contributed by atoms with Crippen LogP contribution in [0.25, 0.3) is 10.9 Å². The van der Waals surface area contributed by atoms with Crippen LogP contribution in [0.4, 0.5) is 0 Å². The monoisotopic (exact) mass is 320 g/mol. The molecule has 0 bridgehead atoms. The average molecular weight is 320 g/mol. The van der Waals surface area contributed by atoms with Gasteiger partial charge < -0.3 is 9.47 Å². The second kappa shape index (κ2) is 5.56. The average Bonchev–Trinajstić information content (AvgIpc) is 2.63. The fraction of sp³-hybridized carbons (Fsp3) is 0.222. The van der Waals surface area contributed by atoms with Crippen molar-refractivity contribution in [2.45, 2.75) is 13.0 Å². The molecule has 0 saturated heterocycles. The highest BCUT2D eigenvalue weighted by molar-refractivity contribution is 5.95. The van der Waals surface area contributed by atoms with Crippen LogP contribution in [0.5, 0.6) is 0 Å². The van der Waals surface area contributed by atoms with E-state index in [0.717, 1.165) is 10.9 Å². The number of pyridine rings is 1. The van der Waals surface area contributed by atoms with Gasteiger partial charge in [0.05, 0.1) is 24.1 Å². The molecule has 0 spiro atoms. The zero-order chi connectivity index (χ0) is 16.7. The minimum absolute atomic E-state index is 0.0315. The van der Waals surface area contributed by atoms with E-state index in [9.17, 15) is 9.59 Å². The topological polar surface area (TPSA) is 68.1 Å². The summed E-state index contributed by atoms with van der Waals surface area (Å²) in [4.78, 5) is 35.3. The Bertz CT molecular complexity index is 1010. The summed E-state index contributed by atoms with van der Waals surface area (Å²) < 4.78 is 1.47. The molecule has 1 aromatic carbocycles. The van der Waals surface area contributed by atoms with Crippen LogP contribution in [0.2, 0.25) is 0 Å². The zero-order valence-electron chi connectivity index (χ0n) is 13.3. The van der Waals surface area contributed by atoms with Crippen molar-refractivity contribution < 1.29 is 4.79 Å². The number of rotatable bonds is 1. The van der Waals surface area contributed by atoms with E-state index in [0.29, 0.717) is 36.5 Å². The lowest BCUT2D eigenvalue weighted by atomic mass is 10.1. The molecular formula is C18H16N4O2. The minimum atomic E-state index is -0.131. The number of aromatic nitrogens is 3. The number of carbonyl (C=O) groups excluding carboxylic acids is 1. The molecule has 4 rings (SSSR count). The van der Waals surface area contributed by atoms with E-state index in [1.807, 2.05) is 30.3 Å². The van der Waals surface area contributed by atoms with Crippen molar-refractivity contribution in [2.24, 2.45) is 7.05 Å². The van der Waals surface area contributed by atoms with Gasteiger partial charge in [-0.3, -0.25) is 9.59 Å². The normalized spacial score (nSPS) is 13.8. The van der Waals surface area contributed by atoms with Crippen LogP contribution in [0.1, 0.15) is 21.7 Å². The number of benzene rings is 1. The zero-order valence-corrected chi connectivity index (χ0v) is 13.3. The summed E-state index contributed by atoms with van der Waals surface area (Å²) in [5.41, 5.74) is 2.57. The number of para-hydroxylation sites is 1. The van der Waals surface area contributed by atoms with Crippen LogP contribution in [0.15, 0.2) is 47.5 Å². The Labute approximate surface area is 138 Å². The van der Waals surface area contributed by atoms with Crippen LogP contribution in [-0.2, 0) is 20.0 Å². The molecule has 0 radical (unpaired) electrons. The standard InChI is InChI=1S/C18H16N4O2/c1-21-11-19-16-10-22(9-8-13(16)17(21)23)18(24)15-7-6-12-4-2-3-5-14(12)20-15/h2-7,11H,8-10H2,1H3. The van der Waals surface area contributed by atoms with Crippen LogP contribution < -0.4 is 5.56 Å². The molecule has 6 nitrogen and oxygen atoms in total. The fourth-order valence-electron chi connectivity index (χ4n) is 3.04. The molecule has 120 valence electrons. The molecule has 0 saturated carbocycles. The molecular weight excluding hydrogens is 304 g/mol. The van der Waals surface area contributed by atoms with E-state index >= 15 is 0 Å². The highest BCUT2D eigenvalue weighted by Gasteiger charge is 2.25. The number of carbonyl (C=O) groups is 1. The van der Waals surface area contributed by atoms with Crippen molar-refractivity contribution in [1.29, 1.82) is 0 Å². The smallest absolute Gasteiger partial charge is 0.272 e. The van der Waals surface area contributed by atoms with Crippen LogP contribution in [0.3, 0.4) is 0 Å². The highest BCUT2D eigenvalue weighted by Crippen LogP contribution is 2.17. The number of amides is 1. The van der Waals surface area contributed by atoms with Gasteiger partial charge in [-0.05, 0) is 18.6 Å². The number of nitrogens with zero attached hydrogens (tertiary/aromatic N) is 4. The van der Waals surface area contributed by atoms with Gasteiger partial charge in [-0.2, -0.15) is 0 Å². The van der Waals surface area contributed by atoms with Crippen LogP contribution in [-0.4, -0.2) is 31.9 Å². The summed E-state index contributed by atoms with van der Waals surface area (Å²) in [5.74, 6) is -0.131.